The standard InChI is InChI=1S/C9H9ClN4O2S/c1-4-5(2)12-7-6(11-4)8(17(3,15)16)14-9(10)13-7/h1-3H3. The zero-order valence-electron chi connectivity index (χ0n) is 9.39. The van der Waals surface area contributed by atoms with E-state index in [2.05, 4.69) is 19.9 Å². The largest absolute Gasteiger partial charge is 0.245 e. The summed E-state index contributed by atoms with van der Waals surface area (Å²) in [4.78, 5) is 15.9. The molecular formula is C9H9ClN4O2S. The Morgan fingerprint density at radius 1 is 1.00 bits per heavy atom. The highest BCUT2D eigenvalue weighted by atomic mass is 35.5. The van der Waals surface area contributed by atoms with Crippen molar-refractivity contribution in [1.82, 2.24) is 19.9 Å². The number of hydrogen-bond donors (Lipinski definition) is 0. The lowest BCUT2D eigenvalue weighted by Crippen LogP contribution is -2.07. The van der Waals surface area contributed by atoms with E-state index in [9.17, 15) is 8.42 Å². The van der Waals surface area contributed by atoms with E-state index < -0.39 is 9.84 Å². The average molecular weight is 273 g/mol. The van der Waals surface area contributed by atoms with Crippen molar-refractivity contribution in [3.8, 4) is 0 Å². The molecule has 0 amide bonds. The van der Waals surface area contributed by atoms with E-state index in [4.69, 9.17) is 11.6 Å². The van der Waals surface area contributed by atoms with E-state index >= 15 is 0 Å². The minimum absolute atomic E-state index is 0.153. The summed E-state index contributed by atoms with van der Waals surface area (Å²) in [6.07, 6.45) is 1.04. The third-order valence-corrected chi connectivity index (χ3v) is 3.39. The molecule has 0 aromatic carbocycles. The van der Waals surface area contributed by atoms with Gasteiger partial charge in [0.1, 0.15) is 5.52 Å². The van der Waals surface area contributed by atoms with E-state index in [1.807, 2.05) is 0 Å². The molecule has 0 aliphatic heterocycles. The van der Waals surface area contributed by atoms with Gasteiger partial charge in [0, 0.05) is 6.26 Å². The van der Waals surface area contributed by atoms with E-state index in [1.54, 1.807) is 13.8 Å². The first-order valence-electron chi connectivity index (χ1n) is 4.67. The fourth-order valence-corrected chi connectivity index (χ4v) is 2.28. The minimum Gasteiger partial charge on any atom is -0.245 e. The van der Waals surface area contributed by atoms with Crippen molar-refractivity contribution in [3.63, 3.8) is 0 Å². The van der Waals surface area contributed by atoms with Crippen LogP contribution in [0.25, 0.3) is 11.2 Å². The predicted octanol–water partition coefficient (Wildman–Crippen LogP) is 1.09. The van der Waals surface area contributed by atoms with E-state index in [0.717, 1.165) is 6.26 Å². The Morgan fingerprint density at radius 2 is 1.59 bits per heavy atom. The summed E-state index contributed by atoms with van der Waals surface area (Å²) in [5.41, 5.74) is 1.65. The molecule has 0 aliphatic rings. The van der Waals surface area contributed by atoms with Gasteiger partial charge in [0.05, 0.1) is 11.4 Å². The first-order chi connectivity index (χ1) is 7.79. The normalized spacial score (nSPS) is 12.0. The SMILES string of the molecule is Cc1nc2nc(Cl)nc(S(C)(=O)=O)c2nc1C. The summed E-state index contributed by atoms with van der Waals surface area (Å²) in [7, 11) is -3.52. The molecule has 0 atom stereocenters. The van der Waals surface area contributed by atoms with Crippen molar-refractivity contribution in [3.05, 3.63) is 16.7 Å². The number of rotatable bonds is 1. The smallest absolute Gasteiger partial charge is 0.225 e. The molecule has 2 aromatic heterocycles. The zero-order valence-corrected chi connectivity index (χ0v) is 11.0. The molecule has 0 unspecified atom stereocenters. The molecule has 0 fully saturated rings. The maximum Gasteiger partial charge on any atom is 0.225 e. The van der Waals surface area contributed by atoms with Crippen LogP contribution in [0.5, 0.6) is 0 Å². The van der Waals surface area contributed by atoms with Crippen LogP contribution in [0.15, 0.2) is 5.03 Å². The molecule has 2 aromatic rings. The molecule has 8 heteroatoms. The van der Waals surface area contributed by atoms with Crippen LogP contribution in [0.1, 0.15) is 11.4 Å². The second kappa shape index (κ2) is 3.85. The van der Waals surface area contributed by atoms with Crippen LogP contribution >= 0.6 is 11.6 Å². The van der Waals surface area contributed by atoms with E-state index in [-0.39, 0.29) is 21.5 Å². The van der Waals surface area contributed by atoms with Crippen LogP contribution in [0, 0.1) is 13.8 Å². The van der Waals surface area contributed by atoms with Crippen LogP contribution in [-0.4, -0.2) is 34.6 Å². The molecular weight excluding hydrogens is 264 g/mol. The minimum atomic E-state index is -3.52. The summed E-state index contributed by atoms with van der Waals surface area (Å²) in [5, 5.41) is -0.349. The first-order valence-corrected chi connectivity index (χ1v) is 6.94. The Kier molecular flexibility index (Phi) is 2.75. The summed E-state index contributed by atoms with van der Waals surface area (Å²) in [5.74, 6) is 0. The maximum atomic E-state index is 11.6. The molecule has 90 valence electrons. The van der Waals surface area contributed by atoms with Gasteiger partial charge in [0.15, 0.2) is 20.5 Å². The molecule has 0 saturated heterocycles. The fraction of sp³-hybridized carbons (Fsp3) is 0.333. The summed E-state index contributed by atoms with van der Waals surface area (Å²) < 4.78 is 23.2. The summed E-state index contributed by atoms with van der Waals surface area (Å²) >= 11 is 5.67. The van der Waals surface area contributed by atoms with E-state index in [0.29, 0.717) is 11.4 Å². The zero-order chi connectivity index (χ0) is 12.8. The van der Waals surface area contributed by atoms with Crippen molar-refractivity contribution in [2.45, 2.75) is 18.9 Å². The number of nitrogens with zero attached hydrogens (tertiary/aromatic N) is 4. The van der Waals surface area contributed by atoms with Crippen LogP contribution in [-0.2, 0) is 9.84 Å². The number of aryl methyl sites for hydroxylation is 2. The van der Waals surface area contributed by atoms with Gasteiger partial charge >= 0.3 is 0 Å². The van der Waals surface area contributed by atoms with E-state index in [1.165, 1.54) is 0 Å². The molecule has 6 nitrogen and oxygen atoms in total. The van der Waals surface area contributed by atoms with Crippen molar-refractivity contribution in [2.24, 2.45) is 0 Å². The van der Waals surface area contributed by atoms with Gasteiger partial charge in [-0.05, 0) is 25.4 Å². The van der Waals surface area contributed by atoms with Gasteiger partial charge in [0.2, 0.25) is 5.28 Å². The third-order valence-electron chi connectivity index (χ3n) is 2.23. The van der Waals surface area contributed by atoms with Gasteiger partial charge in [-0.25, -0.2) is 23.4 Å². The van der Waals surface area contributed by atoms with Crippen LogP contribution in [0.2, 0.25) is 5.28 Å². The predicted molar refractivity (Wildman–Crippen MR) is 62.7 cm³/mol. The second-order valence-electron chi connectivity index (χ2n) is 3.64. The summed E-state index contributed by atoms with van der Waals surface area (Å²) in [6.45, 7) is 3.50. The maximum absolute atomic E-state index is 11.6. The topological polar surface area (TPSA) is 85.7 Å². The number of aromatic nitrogens is 4. The van der Waals surface area contributed by atoms with Gasteiger partial charge in [-0.2, -0.15) is 4.98 Å². The van der Waals surface area contributed by atoms with Crippen molar-refractivity contribution in [1.29, 1.82) is 0 Å². The lowest BCUT2D eigenvalue weighted by atomic mass is 10.3. The third kappa shape index (κ3) is 2.20. The highest BCUT2D eigenvalue weighted by Crippen LogP contribution is 2.19. The van der Waals surface area contributed by atoms with Crippen LogP contribution in [0.3, 0.4) is 0 Å². The van der Waals surface area contributed by atoms with Crippen molar-refractivity contribution in [2.75, 3.05) is 6.26 Å². The molecule has 0 saturated carbocycles. The molecule has 17 heavy (non-hydrogen) atoms. The Balaban J connectivity index is 2.98. The molecule has 0 radical (unpaired) electrons. The molecule has 2 heterocycles. The van der Waals surface area contributed by atoms with Crippen molar-refractivity contribution >= 4 is 32.6 Å². The Morgan fingerprint density at radius 3 is 2.18 bits per heavy atom. The van der Waals surface area contributed by atoms with Gasteiger partial charge < -0.3 is 0 Å². The highest BCUT2D eigenvalue weighted by molar-refractivity contribution is 7.90. The van der Waals surface area contributed by atoms with Crippen LogP contribution in [0.4, 0.5) is 0 Å². The average Bonchev–Trinajstić information content (AvgIpc) is 2.18. The number of hydrogen-bond acceptors (Lipinski definition) is 6. The molecule has 0 N–H and O–H groups in total. The Bertz CT molecular complexity index is 714. The van der Waals surface area contributed by atoms with Gasteiger partial charge in [-0.3, -0.25) is 0 Å². The lowest BCUT2D eigenvalue weighted by molar-refractivity contribution is 0.599. The van der Waals surface area contributed by atoms with Crippen molar-refractivity contribution < 1.29 is 8.42 Å². The summed E-state index contributed by atoms with van der Waals surface area (Å²) in [6, 6.07) is 0. The molecule has 0 bridgehead atoms. The monoisotopic (exact) mass is 272 g/mol. The quantitative estimate of drug-likeness (QED) is 0.571. The van der Waals surface area contributed by atoms with Crippen LogP contribution < -0.4 is 0 Å². The fourth-order valence-electron chi connectivity index (χ4n) is 1.32. The molecule has 0 aliphatic carbocycles. The Hall–Kier alpha value is -1.34. The Labute approximate surface area is 103 Å². The highest BCUT2D eigenvalue weighted by Gasteiger charge is 2.19. The van der Waals surface area contributed by atoms with Gasteiger partial charge in [-0.15, -0.1) is 0 Å². The molecule has 2 rings (SSSR count). The second-order valence-corrected chi connectivity index (χ2v) is 5.91. The number of fused-ring (bicyclic) bond motifs is 1. The number of sulfone groups is 1. The lowest BCUT2D eigenvalue weighted by Gasteiger charge is -2.05. The van der Waals surface area contributed by atoms with Gasteiger partial charge in [-0.1, -0.05) is 0 Å². The van der Waals surface area contributed by atoms with Gasteiger partial charge in [0.25, 0.3) is 0 Å². The molecule has 0 spiro atoms. The number of halogens is 1. The first kappa shape index (κ1) is 12.1.